The molecule has 0 saturated carbocycles. The molecule has 1 saturated heterocycles. The molecule has 0 amide bonds. The predicted octanol–water partition coefficient (Wildman–Crippen LogP) is 5.48. The summed E-state index contributed by atoms with van der Waals surface area (Å²) in [4.78, 5) is 4.92. The lowest BCUT2D eigenvalue weighted by Crippen LogP contribution is -2.30. The Morgan fingerprint density at radius 2 is 2.06 bits per heavy atom. The van der Waals surface area contributed by atoms with Gasteiger partial charge in [-0.1, -0.05) is 31.2 Å². The number of benzene rings is 2. The van der Waals surface area contributed by atoms with Crippen LogP contribution in [0.4, 0.5) is 11.4 Å². The smallest absolute Gasteiger partial charge is 0.130 e. The van der Waals surface area contributed by atoms with E-state index in [0.29, 0.717) is 23.0 Å². The van der Waals surface area contributed by atoms with E-state index in [1.54, 1.807) is 6.07 Å². The molecule has 1 aliphatic heterocycles. The van der Waals surface area contributed by atoms with Gasteiger partial charge >= 0.3 is 0 Å². The van der Waals surface area contributed by atoms with Crippen LogP contribution in [-0.2, 0) is 0 Å². The molecule has 6 nitrogen and oxygen atoms in total. The fourth-order valence-corrected chi connectivity index (χ4v) is 3.75. The summed E-state index contributed by atoms with van der Waals surface area (Å²) in [6, 6.07) is 13.7. The maximum absolute atomic E-state index is 7.54. The number of allylic oxidation sites excluding steroid dienone is 2. The Labute approximate surface area is 197 Å². The molecular weight excluding hydrogens is 410 g/mol. The van der Waals surface area contributed by atoms with Crippen LogP contribution in [0, 0.1) is 11.3 Å². The molecule has 2 aromatic rings. The number of ether oxygens (including phenoxy) is 1. The number of anilines is 2. The first-order valence-corrected chi connectivity index (χ1v) is 11.7. The molecule has 3 rings (SSSR count). The van der Waals surface area contributed by atoms with Gasteiger partial charge in [0.05, 0.1) is 12.3 Å². The summed E-state index contributed by atoms with van der Waals surface area (Å²) < 4.78 is 6.13. The zero-order valence-corrected chi connectivity index (χ0v) is 19.6. The van der Waals surface area contributed by atoms with Crippen molar-refractivity contribution in [3.8, 4) is 5.75 Å². The van der Waals surface area contributed by atoms with E-state index in [2.05, 4.69) is 35.8 Å². The second kappa shape index (κ2) is 12.6. The molecule has 1 fully saturated rings. The van der Waals surface area contributed by atoms with Gasteiger partial charge in [0.25, 0.3) is 0 Å². The molecule has 1 heterocycles. The van der Waals surface area contributed by atoms with Gasteiger partial charge in [-0.25, -0.2) is 4.99 Å². The van der Waals surface area contributed by atoms with Crippen LogP contribution >= 0.6 is 0 Å². The Morgan fingerprint density at radius 1 is 1.24 bits per heavy atom. The van der Waals surface area contributed by atoms with Gasteiger partial charge < -0.3 is 26.5 Å². The van der Waals surface area contributed by atoms with Crippen molar-refractivity contribution in [2.75, 3.05) is 30.7 Å². The van der Waals surface area contributed by atoms with E-state index in [1.807, 2.05) is 43.3 Å². The largest absolute Gasteiger partial charge is 0.493 e. The first kappa shape index (κ1) is 24.3. The van der Waals surface area contributed by atoms with Crippen LogP contribution in [0.2, 0.25) is 0 Å². The third-order valence-electron chi connectivity index (χ3n) is 5.55. The number of nitrogens with one attached hydrogen (secondary N) is 3. The van der Waals surface area contributed by atoms with Crippen LogP contribution in [0.15, 0.2) is 65.7 Å². The first-order chi connectivity index (χ1) is 16.1. The normalized spacial score (nSPS) is 15.6. The summed E-state index contributed by atoms with van der Waals surface area (Å²) in [5, 5.41) is 14.3. The van der Waals surface area contributed by atoms with Crippen LogP contribution < -0.4 is 21.1 Å². The second-order valence-electron chi connectivity index (χ2n) is 8.14. The van der Waals surface area contributed by atoms with Crippen LogP contribution in [0.1, 0.15) is 44.2 Å². The van der Waals surface area contributed by atoms with E-state index in [-0.39, 0.29) is 0 Å². The summed E-state index contributed by atoms with van der Waals surface area (Å²) in [5.74, 6) is 2.19. The second-order valence-corrected chi connectivity index (χ2v) is 8.14. The summed E-state index contributed by atoms with van der Waals surface area (Å²) >= 11 is 0. The Kier molecular flexibility index (Phi) is 9.27. The number of nitrogens with two attached hydrogens (primary N) is 1. The van der Waals surface area contributed by atoms with Crippen molar-refractivity contribution in [2.24, 2.45) is 10.9 Å². The molecular formula is C27H35N5O. The van der Waals surface area contributed by atoms with Gasteiger partial charge in [0.2, 0.25) is 0 Å². The fourth-order valence-electron chi connectivity index (χ4n) is 3.75. The summed E-state index contributed by atoms with van der Waals surface area (Å²) in [7, 11) is 0. The van der Waals surface area contributed by atoms with Crippen LogP contribution in [0.5, 0.6) is 5.75 Å². The molecule has 2 aromatic carbocycles. The molecule has 6 heteroatoms. The Morgan fingerprint density at radius 3 is 2.79 bits per heavy atom. The van der Waals surface area contributed by atoms with Gasteiger partial charge in [0.1, 0.15) is 11.6 Å². The molecule has 0 unspecified atom stereocenters. The average molecular weight is 446 g/mol. The number of nitrogens with zero attached hydrogens (tertiary/aromatic N) is 1. The fraction of sp³-hybridized carbons (Fsp3) is 0.333. The monoisotopic (exact) mass is 445 g/mol. The highest BCUT2D eigenvalue weighted by Crippen LogP contribution is 2.24. The van der Waals surface area contributed by atoms with Crippen LogP contribution in [-0.4, -0.2) is 31.7 Å². The Bertz CT molecular complexity index is 1020. The van der Waals surface area contributed by atoms with Crippen molar-refractivity contribution in [2.45, 2.75) is 33.1 Å². The highest BCUT2D eigenvalue weighted by molar-refractivity contribution is 6.06. The van der Waals surface area contributed by atoms with Gasteiger partial charge in [-0.15, -0.1) is 0 Å². The molecule has 174 valence electrons. The lowest BCUT2D eigenvalue weighted by atomic mass is 9.99. The van der Waals surface area contributed by atoms with E-state index < -0.39 is 0 Å². The number of hydrogen-bond donors (Lipinski definition) is 4. The highest BCUT2D eigenvalue weighted by Gasteiger charge is 2.14. The number of aliphatic imine (C=N–C) groups is 1. The zero-order valence-electron chi connectivity index (χ0n) is 19.6. The Hall–Kier alpha value is -3.38. The summed E-state index contributed by atoms with van der Waals surface area (Å²) in [5.41, 5.74) is 9.90. The van der Waals surface area contributed by atoms with E-state index in [0.717, 1.165) is 61.7 Å². The first-order valence-electron chi connectivity index (χ1n) is 11.7. The van der Waals surface area contributed by atoms with Crippen LogP contribution in [0.25, 0.3) is 5.70 Å². The van der Waals surface area contributed by atoms with Gasteiger partial charge in [0, 0.05) is 28.7 Å². The predicted molar refractivity (Wildman–Crippen MR) is 140 cm³/mol. The molecule has 0 bridgehead atoms. The zero-order chi connectivity index (χ0) is 23.5. The van der Waals surface area contributed by atoms with E-state index in [1.165, 1.54) is 6.21 Å². The van der Waals surface area contributed by atoms with Crippen molar-refractivity contribution in [3.05, 3.63) is 71.8 Å². The van der Waals surface area contributed by atoms with E-state index in [4.69, 9.17) is 20.9 Å². The van der Waals surface area contributed by atoms with Crippen molar-refractivity contribution in [3.63, 3.8) is 0 Å². The minimum Gasteiger partial charge on any atom is -0.493 e. The van der Waals surface area contributed by atoms with Crippen molar-refractivity contribution in [1.29, 1.82) is 5.41 Å². The van der Waals surface area contributed by atoms with Crippen LogP contribution in [0.3, 0.4) is 0 Å². The minimum absolute atomic E-state index is 0.577. The molecule has 0 atom stereocenters. The molecule has 0 spiro atoms. The molecule has 0 radical (unpaired) electrons. The molecule has 0 aromatic heterocycles. The lowest BCUT2D eigenvalue weighted by Gasteiger charge is -2.22. The minimum atomic E-state index is 0.577. The molecule has 0 aliphatic carbocycles. The van der Waals surface area contributed by atoms with Crippen molar-refractivity contribution in [1.82, 2.24) is 5.32 Å². The van der Waals surface area contributed by atoms with Crippen molar-refractivity contribution < 1.29 is 4.74 Å². The number of nitrogen functional groups attached to an aromatic ring is 1. The number of piperidine rings is 1. The van der Waals surface area contributed by atoms with E-state index in [9.17, 15) is 0 Å². The maximum atomic E-state index is 7.54. The quantitative estimate of drug-likeness (QED) is 0.233. The van der Waals surface area contributed by atoms with Gasteiger partial charge in [0.15, 0.2) is 0 Å². The maximum Gasteiger partial charge on any atom is 0.130 e. The van der Waals surface area contributed by atoms with Gasteiger partial charge in [-0.2, -0.15) is 0 Å². The van der Waals surface area contributed by atoms with Crippen molar-refractivity contribution >= 4 is 29.1 Å². The topological polar surface area (TPSA) is 95.5 Å². The number of amidine groups is 1. The third-order valence-corrected chi connectivity index (χ3v) is 5.55. The lowest BCUT2D eigenvalue weighted by molar-refractivity contribution is 0.215. The molecule has 5 N–H and O–H groups in total. The number of rotatable bonds is 9. The summed E-state index contributed by atoms with van der Waals surface area (Å²) in [6.45, 7) is 6.96. The molecule has 33 heavy (non-hydrogen) atoms. The van der Waals surface area contributed by atoms with Gasteiger partial charge in [-0.3, -0.25) is 0 Å². The van der Waals surface area contributed by atoms with Gasteiger partial charge in [-0.05, 0) is 81.6 Å². The average Bonchev–Trinajstić information content (AvgIpc) is 2.84. The highest BCUT2D eigenvalue weighted by atomic mass is 16.5. The molecule has 1 aliphatic rings. The SMILES string of the molecule is C\C=C/C(=N/C(=C/CC)c1cccc(OCC2CCNCC2)c1)Nc1ccc(N)c(C=N)c1. The third kappa shape index (κ3) is 7.32. The Balaban J connectivity index is 1.81. The summed E-state index contributed by atoms with van der Waals surface area (Å²) in [6.07, 6.45) is 10.4. The standard InChI is InChI=1S/C27H35N5O/c1-3-6-26(21-8-5-9-24(17-21)33-19-20-12-14-30-15-13-20)32-27(7-4-2)31-23-10-11-25(29)22(16-23)18-28/h4-11,16-18,20,28,30H,3,12-15,19,29H2,1-2H3,(H,31,32)/b7-4-,26-6+,28-18?. The van der Waals surface area contributed by atoms with E-state index >= 15 is 0 Å². The number of hydrogen-bond acceptors (Lipinski definition) is 5.